The van der Waals surface area contributed by atoms with Crippen LogP contribution in [0.4, 0.5) is 5.69 Å². The fraction of sp³-hybridized carbons (Fsp3) is 0.467. The first-order valence-electron chi connectivity index (χ1n) is 6.94. The van der Waals surface area contributed by atoms with Crippen LogP contribution in [0.2, 0.25) is 10.0 Å². The smallest absolute Gasteiger partial charge is 0.226 e. The van der Waals surface area contributed by atoms with Crippen LogP contribution in [0.1, 0.15) is 13.3 Å². The Morgan fingerprint density at radius 2 is 1.64 bits per heavy atom. The molecule has 5 nitrogen and oxygen atoms in total. The average Bonchev–Trinajstić information content (AvgIpc) is 2.36. The normalized spacial score (nSPS) is 10.6. The van der Waals surface area contributed by atoms with Gasteiger partial charge < -0.3 is 15.1 Å². The molecule has 1 aromatic carbocycles. The summed E-state index contributed by atoms with van der Waals surface area (Å²) in [4.78, 5) is 27.2. The molecule has 1 N–H and O–H groups in total. The van der Waals surface area contributed by atoms with Gasteiger partial charge in [0.1, 0.15) is 0 Å². The fourth-order valence-corrected chi connectivity index (χ4v) is 2.36. The van der Waals surface area contributed by atoms with Gasteiger partial charge in [-0.1, -0.05) is 23.2 Å². The minimum Gasteiger partial charge on any atom is -0.341 e. The lowest BCUT2D eigenvalue weighted by molar-refractivity contribution is -0.129. The summed E-state index contributed by atoms with van der Waals surface area (Å²) in [6.45, 7) is 3.23. The van der Waals surface area contributed by atoms with Crippen molar-refractivity contribution in [3.63, 3.8) is 0 Å². The van der Waals surface area contributed by atoms with Crippen molar-refractivity contribution in [3.05, 3.63) is 28.2 Å². The van der Waals surface area contributed by atoms with Crippen LogP contribution in [-0.4, -0.2) is 55.3 Å². The average molecular weight is 346 g/mol. The standard InChI is InChI=1S/C15H21Cl2N3O2/c1-11(21)20(7-6-19(2)3)5-4-15(22)18-14-9-12(16)8-13(17)10-14/h8-10H,4-7H2,1-3H3,(H,18,22). The first-order valence-corrected chi connectivity index (χ1v) is 7.69. The summed E-state index contributed by atoms with van der Waals surface area (Å²) in [6.07, 6.45) is 0.219. The first kappa shape index (κ1) is 18.7. The van der Waals surface area contributed by atoms with Crippen molar-refractivity contribution >= 4 is 40.7 Å². The number of hydrogen-bond acceptors (Lipinski definition) is 3. The molecule has 0 saturated heterocycles. The quantitative estimate of drug-likeness (QED) is 0.826. The van der Waals surface area contributed by atoms with Crippen molar-refractivity contribution in [2.45, 2.75) is 13.3 Å². The Morgan fingerprint density at radius 3 is 2.14 bits per heavy atom. The van der Waals surface area contributed by atoms with Crippen molar-refractivity contribution in [2.24, 2.45) is 0 Å². The lowest BCUT2D eigenvalue weighted by Crippen LogP contribution is -2.37. The molecule has 1 aromatic rings. The van der Waals surface area contributed by atoms with Crippen molar-refractivity contribution < 1.29 is 9.59 Å². The maximum atomic E-state index is 12.0. The molecule has 0 heterocycles. The van der Waals surface area contributed by atoms with Gasteiger partial charge >= 0.3 is 0 Å². The molecule has 0 radical (unpaired) electrons. The Kier molecular flexibility index (Phi) is 7.65. The minimum absolute atomic E-state index is 0.0412. The molecule has 0 saturated carbocycles. The number of carbonyl (C=O) groups excluding carboxylic acids is 2. The van der Waals surface area contributed by atoms with Crippen LogP contribution in [-0.2, 0) is 9.59 Å². The van der Waals surface area contributed by atoms with E-state index < -0.39 is 0 Å². The van der Waals surface area contributed by atoms with Gasteiger partial charge in [0.05, 0.1) is 0 Å². The van der Waals surface area contributed by atoms with Gasteiger partial charge in [-0.05, 0) is 32.3 Å². The van der Waals surface area contributed by atoms with E-state index in [1.54, 1.807) is 23.1 Å². The molecule has 0 aromatic heterocycles. The van der Waals surface area contributed by atoms with E-state index in [-0.39, 0.29) is 18.2 Å². The molecule has 0 aliphatic heterocycles. The highest BCUT2D eigenvalue weighted by Gasteiger charge is 2.12. The maximum absolute atomic E-state index is 12.0. The number of carbonyl (C=O) groups is 2. The van der Waals surface area contributed by atoms with Crippen LogP contribution in [0.15, 0.2) is 18.2 Å². The lowest BCUT2D eigenvalue weighted by atomic mass is 10.3. The second-order valence-electron chi connectivity index (χ2n) is 5.27. The predicted octanol–water partition coefficient (Wildman–Crippen LogP) is 2.73. The molecule has 0 aliphatic carbocycles. The molecule has 0 unspecified atom stereocenters. The predicted molar refractivity (Wildman–Crippen MR) is 90.5 cm³/mol. The first-order chi connectivity index (χ1) is 10.3. The number of likely N-dealkylation sites (N-methyl/N-ethyl adjacent to an activating group) is 1. The van der Waals surface area contributed by atoms with Gasteiger partial charge in [0.15, 0.2) is 0 Å². The summed E-state index contributed by atoms with van der Waals surface area (Å²) >= 11 is 11.8. The second-order valence-corrected chi connectivity index (χ2v) is 6.14. The number of halogens is 2. The van der Waals surface area contributed by atoms with E-state index in [4.69, 9.17) is 23.2 Å². The summed E-state index contributed by atoms with van der Waals surface area (Å²) < 4.78 is 0. The van der Waals surface area contributed by atoms with E-state index in [1.807, 2.05) is 19.0 Å². The highest BCUT2D eigenvalue weighted by atomic mass is 35.5. The second kappa shape index (κ2) is 8.98. The van der Waals surface area contributed by atoms with Crippen molar-refractivity contribution in [2.75, 3.05) is 39.0 Å². The Balaban J connectivity index is 2.51. The summed E-state index contributed by atoms with van der Waals surface area (Å²) in [7, 11) is 3.88. The Labute approximate surface area is 141 Å². The van der Waals surface area contributed by atoms with Crippen molar-refractivity contribution in [3.8, 4) is 0 Å². The molecule has 2 amide bonds. The molecule has 22 heavy (non-hydrogen) atoms. The summed E-state index contributed by atoms with van der Waals surface area (Å²) in [5.41, 5.74) is 0.546. The van der Waals surface area contributed by atoms with E-state index in [0.717, 1.165) is 6.54 Å². The zero-order valence-corrected chi connectivity index (χ0v) is 14.5. The molecular formula is C15H21Cl2N3O2. The van der Waals surface area contributed by atoms with Gasteiger partial charge in [-0.2, -0.15) is 0 Å². The number of nitrogens with zero attached hydrogens (tertiary/aromatic N) is 2. The van der Waals surface area contributed by atoms with E-state index in [1.165, 1.54) is 6.92 Å². The SMILES string of the molecule is CC(=O)N(CCC(=O)Nc1cc(Cl)cc(Cl)c1)CCN(C)C. The fourth-order valence-electron chi connectivity index (χ4n) is 1.83. The van der Waals surface area contributed by atoms with Crippen molar-refractivity contribution in [1.82, 2.24) is 9.80 Å². The molecule has 0 aliphatic rings. The van der Waals surface area contributed by atoms with Gasteiger partial charge in [0.25, 0.3) is 0 Å². The third-order valence-electron chi connectivity index (χ3n) is 3.02. The highest BCUT2D eigenvalue weighted by molar-refractivity contribution is 6.35. The Hall–Kier alpha value is -1.30. The third kappa shape index (κ3) is 7.11. The monoisotopic (exact) mass is 345 g/mol. The number of nitrogens with one attached hydrogen (secondary N) is 1. The summed E-state index contributed by atoms with van der Waals surface area (Å²) in [5.74, 6) is -0.227. The van der Waals surface area contributed by atoms with Crippen LogP contribution in [0.25, 0.3) is 0 Å². The van der Waals surface area contributed by atoms with Crippen LogP contribution in [0.3, 0.4) is 0 Å². The lowest BCUT2D eigenvalue weighted by Gasteiger charge is -2.22. The molecule has 0 spiro atoms. The van der Waals surface area contributed by atoms with Gasteiger partial charge in [-0.25, -0.2) is 0 Å². The van der Waals surface area contributed by atoms with Crippen LogP contribution in [0.5, 0.6) is 0 Å². The van der Waals surface area contributed by atoms with Crippen LogP contribution < -0.4 is 5.32 Å². The Bertz CT molecular complexity index is 515. The van der Waals surface area contributed by atoms with Crippen molar-refractivity contribution in [1.29, 1.82) is 0 Å². The van der Waals surface area contributed by atoms with Gasteiger partial charge in [0, 0.05) is 48.7 Å². The topological polar surface area (TPSA) is 52.7 Å². The zero-order chi connectivity index (χ0) is 16.7. The van der Waals surface area contributed by atoms with Gasteiger partial charge in [-0.3, -0.25) is 9.59 Å². The van der Waals surface area contributed by atoms with E-state index in [9.17, 15) is 9.59 Å². The van der Waals surface area contributed by atoms with E-state index in [0.29, 0.717) is 28.8 Å². The maximum Gasteiger partial charge on any atom is 0.226 e. The number of rotatable bonds is 7. The minimum atomic E-state index is -0.186. The number of anilines is 1. The largest absolute Gasteiger partial charge is 0.341 e. The molecule has 7 heteroatoms. The van der Waals surface area contributed by atoms with Crippen LogP contribution in [0, 0.1) is 0 Å². The summed E-state index contributed by atoms with van der Waals surface area (Å²) in [5, 5.41) is 3.64. The third-order valence-corrected chi connectivity index (χ3v) is 3.45. The number of benzene rings is 1. The molecule has 122 valence electrons. The summed E-state index contributed by atoms with van der Waals surface area (Å²) in [6, 6.07) is 4.84. The van der Waals surface area contributed by atoms with E-state index in [2.05, 4.69) is 5.32 Å². The number of amides is 2. The highest BCUT2D eigenvalue weighted by Crippen LogP contribution is 2.22. The Morgan fingerprint density at radius 1 is 1.05 bits per heavy atom. The van der Waals surface area contributed by atoms with E-state index >= 15 is 0 Å². The molecule has 0 atom stereocenters. The van der Waals surface area contributed by atoms with Gasteiger partial charge in [0.2, 0.25) is 11.8 Å². The molecule has 0 bridgehead atoms. The van der Waals surface area contributed by atoms with Gasteiger partial charge in [-0.15, -0.1) is 0 Å². The molecule has 0 fully saturated rings. The molecular weight excluding hydrogens is 325 g/mol. The van der Waals surface area contributed by atoms with Crippen LogP contribution >= 0.6 is 23.2 Å². The number of hydrogen-bond donors (Lipinski definition) is 1. The zero-order valence-electron chi connectivity index (χ0n) is 13.0. The molecule has 1 rings (SSSR count).